The first kappa shape index (κ1) is 21.6. The predicted molar refractivity (Wildman–Crippen MR) is 129 cm³/mol. The summed E-state index contributed by atoms with van der Waals surface area (Å²) in [5.74, 6) is 1.86. The van der Waals surface area contributed by atoms with Gasteiger partial charge in [-0.05, 0) is 56.7 Å². The molecule has 5 rings (SSSR count). The molecule has 2 aromatic carbocycles. The highest BCUT2D eigenvalue weighted by Gasteiger charge is 2.17. The van der Waals surface area contributed by atoms with Gasteiger partial charge in [-0.2, -0.15) is 9.78 Å². The van der Waals surface area contributed by atoms with E-state index in [0.29, 0.717) is 23.6 Å². The summed E-state index contributed by atoms with van der Waals surface area (Å²) in [4.78, 5) is 13.2. The summed E-state index contributed by atoms with van der Waals surface area (Å²) >= 11 is 0. The molecule has 0 aliphatic rings. The molecular weight excluding hydrogens is 430 g/mol. The molecule has 0 saturated carbocycles. The SMILES string of the molecule is COc1ccc(-c2nnc(CCCn3c(C)c4cnn(-c5ccccc5)c(=O)c4c3C)o2)cc1. The van der Waals surface area contributed by atoms with Gasteiger partial charge in [0.05, 0.1) is 24.4 Å². The zero-order chi connectivity index (χ0) is 23.7. The first-order valence-electron chi connectivity index (χ1n) is 11.2. The van der Waals surface area contributed by atoms with Gasteiger partial charge >= 0.3 is 0 Å². The van der Waals surface area contributed by atoms with E-state index < -0.39 is 0 Å². The molecule has 3 heterocycles. The quantitative estimate of drug-likeness (QED) is 0.359. The van der Waals surface area contributed by atoms with Crippen molar-refractivity contribution in [2.75, 3.05) is 7.11 Å². The molecule has 3 aromatic heterocycles. The average molecular weight is 456 g/mol. The second-order valence-corrected chi connectivity index (χ2v) is 8.14. The van der Waals surface area contributed by atoms with Crippen LogP contribution in [0.5, 0.6) is 5.75 Å². The van der Waals surface area contributed by atoms with Crippen LogP contribution in [0, 0.1) is 13.8 Å². The summed E-state index contributed by atoms with van der Waals surface area (Å²) in [5.41, 5.74) is 3.47. The molecule has 0 aliphatic heterocycles. The van der Waals surface area contributed by atoms with Crippen LogP contribution < -0.4 is 10.3 Å². The Labute approximate surface area is 196 Å². The molecule has 0 aliphatic carbocycles. The predicted octanol–water partition coefficient (Wildman–Crippen LogP) is 4.50. The van der Waals surface area contributed by atoms with Gasteiger partial charge in [0, 0.05) is 35.3 Å². The largest absolute Gasteiger partial charge is 0.497 e. The molecule has 0 saturated heterocycles. The molecule has 34 heavy (non-hydrogen) atoms. The number of hydrogen-bond donors (Lipinski definition) is 0. The number of aromatic nitrogens is 5. The summed E-state index contributed by atoms with van der Waals surface area (Å²) in [6, 6.07) is 17.0. The van der Waals surface area contributed by atoms with Gasteiger partial charge in [-0.1, -0.05) is 18.2 Å². The molecule has 0 radical (unpaired) electrons. The van der Waals surface area contributed by atoms with Crippen LogP contribution in [-0.2, 0) is 13.0 Å². The lowest BCUT2D eigenvalue weighted by molar-refractivity contribution is 0.415. The second-order valence-electron chi connectivity index (χ2n) is 8.14. The summed E-state index contributed by atoms with van der Waals surface area (Å²) in [7, 11) is 1.63. The fourth-order valence-corrected chi connectivity index (χ4v) is 4.29. The van der Waals surface area contributed by atoms with Crippen LogP contribution in [-0.4, -0.2) is 31.7 Å². The lowest BCUT2D eigenvalue weighted by Gasteiger charge is -2.07. The van der Waals surface area contributed by atoms with Gasteiger partial charge in [-0.25, -0.2) is 0 Å². The molecule has 172 valence electrons. The zero-order valence-corrected chi connectivity index (χ0v) is 19.4. The smallest absolute Gasteiger partial charge is 0.281 e. The van der Waals surface area contributed by atoms with Crippen LogP contribution >= 0.6 is 0 Å². The zero-order valence-electron chi connectivity index (χ0n) is 19.4. The fraction of sp³-hybridized carbons (Fsp3) is 0.231. The van der Waals surface area contributed by atoms with E-state index in [0.717, 1.165) is 46.7 Å². The van der Waals surface area contributed by atoms with Gasteiger partial charge in [0.15, 0.2) is 0 Å². The maximum Gasteiger partial charge on any atom is 0.281 e. The Hall–Kier alpha value is -4.20. The molecule has 0 unspecified atom stereocenters. The number of hydrogen-bond acceptors (Lipinski definition) is 6. The van der Waals surface area contributed by atoms with Gasteiger partial charge < -0.3 is 13.7 Å². The molecule has 5 aromatic rings. The lowest BCUT2D eigenvalue weighted by atomic mass is 10.2. The van der Waals surface area contributed by atoms with Gasteiger partial charge in [0.25, 0.3) is 5.56 Å². The van der Waals surface area contributed by atoms with Crippen molar-refractivity contribution in [2.45, 2.75) is 33.2 Å². The van der Waals surface area contributed by atoms with Gasteiger partial charge in [-0.15, -0.1) is 10.2 Å². The average Bonchev–Trinajstić information content (AvgIpc) is 3.44. The number of methoxy groups -OCH3 is 1. The van der Waals surface area contributed by atoms with Crippen LogP contribution in [0.1, 0.15) is 23.7 Å². The number of ether oxygens (including phenoxy) is 1. The van der Waals surface area contributed by atoms with Crippen LogP contribution in [0.2, 0.25) is 0 Å². The highest BCUT2D eigenvalue weighted by atomic mass is 16.5. The van der Waals surface area contributed by atoms with Crippen molar-refractivity contribution in [3.8, 4) is 22.9 Å². The number of fused-ring (bicyclic) bond motifs is 1. The Kier molecular flexibility index (Phi) is 5.71. The number of rotatable bonds is 7. The van der Waals surface area contributed by atoms with Crippen molar-refractivity contribution < 1.29 is 9.15 Å². The molecule has 0 atom stereocenters. The van der Waals surface area contributed by atoms with Crippen molar-refractivity contribution in [3.63, 3.8) is 0 Å². The number of nitrogens with zero attached hydrogens (tertiary/aromatic N) is 5. The monoisotopic (exact) mass is 455 g/mol. The van der Waals surface area contributed by atoms with Crippen molar-refractivity contribution >= 4 is 10.8 Å². The third-order valence-electron chi connectivity index (χ3n) is 6.12. The Morgan fingerprint density at radius 2 is 1.74 bits per heavy atom. The fourth-order valence-electron chi connectivity index (χ4n) is 4.29. The normalized spacial score (nSPS) is 11.3. The minimum Gasteiger partial charge on any atom is -0.497 e. The van der Waals surface area contributed by atoms with Crippen LogP contribution in [0.3, 0.4) is 0 Å². The van der Waals surface area contributed by atoms with E-state index in [4.69, 9.17) is 9.15 Å². The van der Waals surface area contributed by atoms with Crippen molar-refractivity contribution in [1.82, 2.24) is 24.5 Å². The van der Waals surface area contributed by atoms with Crippen LogP contribution in [0.25, 0.3) is 27.9 Å². The van der Waals surface area contributed by atoms with E-state index in [-0.39, 0.29) is 5.56 Å². The summed E-state index contributed by atoms with van der Waals surface area (Å²) in [6.07, 6.45) is 3.22. The molecular formula is C26H25N5O3. The van der Waals surface area contributed by atoms with E-state index >= 15 is 0 Å². The molecule has 0 spiro atoms. The Morgan fingerprint density at radius 3 is 2.47 bits per heavy atom. The van der Waals surface area contributed by atoms with E-state index in [1.807, 2.05) is 68.4 Å². The lowest BCUT2D eigenvalue weighted by Crippen LogP contribution is -2.21. The Balaban J connectivity index is 1.34. The second kappa shape index (κ2) is 8.97. The van der Waals surface area contributed by atoms with E-state index in [1.165, 1.54) is 4.68 Å². The highest BCUT2D eigenvalue weighted by molar-refractivity contribution is 5.87. The van der Waals surface area contributed by atoms with Crippen molar-refractivity contribution in [3.05, 3.63) is 88.4 Å². The van der Waals surface area contributed by atoms with Gasteiger partial charge in [-0.3, -0.25) is 4.79 Å². The van der Waals surface area contributed by atoms with Gasteiger partial charge in [0.2, 0.25) is 11.8 Å². The maximum atomic E-state index is 13.2. The minimum absolute atomic E-state index is 0.107. The Bertz CT molecular complexity index is 1500. The summed E-state index contributed by atoms with van der Waals surface area (Å²) in [6.45, 7) is 4.75. The van der Waals surface area contributed by atoms with Crippen LogP contribution in [0.4, 0.5) is 0 Å². The summed E-state index contributed by atoms with van der Waals surface area (Å²) in [5, 5.41) is 14.4. The van der Waals surface area contributed by atoms with E-state index in [1.54, 1.807) is 13.3 Å². The highest BCUT2D eigenvalue weighted by Crippen LogP contribution is 2.24. The number of aryl methyl sites for hydroxylation is 3. The van der Waals surface area contributed by atoms with Crippen molar-refractivity contribution in [1.29, 1.82) is 0 Å². The third kappa shape index (κ3) is 3.87. The summed E-state index contributed by atoms with van der Waals surface area (Å²) < 4.78 is 14.7. The molecule has 0 N–H and O–H groups in total. The molecule has 8 nitrogen and oxygen atoms in total. The van der Waals surface area contributed by atoms with E-state index in [2.05, 4.69) is 19.9 Å². The van der Waals surface area contributed by atoms with Crippen molar-refractivity contribution in [2.24, 2.45) is 0 Å². The molecule has 8 heteroatoms. The third-order valence-corrected chi connectivity index (χ3v) is 6.12. The van der Waals surface area contributed by atoms with Gasteiger partial charge in [0.1, 0.15) is 5.75 Å². The Morgan fingerprint density at radius 1 is 0.971 bits per heavy atom. The van der Waals surface area contributed by atoms with E-state index in [9.17, 15) is 4.79 Å². The first-order chi connectivity index (χ1) is 16.6. The minimum atomic E-state index is -0.107. The molecule has 0 amide bonds. The molecule has 0 fully saturated rings. The number of para-hydroxylation sites is 1. The van der Waals surface area contributed by atoms with Crippen LogP contribution in [0.15, 0.2) is 70.0 Å². The first-order valence-corrected chi connectivity index (χ1v) is 11.2. The standard InChI is InChI=1S/C26H25N5O3/c1-17-22-16-27-31(20-8-5-4-6-9-20)26(32)24(22)18(2)30(17)15-7-10-23-28-29-25(34-23)19-11-13-21(33-3)14-12-19/h4-6,8-9,11-14,16H,7,10,15H2,1-3H3. The maximum absolute atomic E-state index is 13.2. The number of benzene rings is 2. The molecule has 0 bridgehead atoms. The topological polar surface area (TPSA) is 88.0 Å².